The van der Waals surface area contributed by atoms with Gasteiger partial charge in [0.05, 0.1) is 12.6 Å². The summed E-state index contributed by atoms with van der Waals surface area (Å²) in [7, 11) is 0. The van der Waals surface area contributed by atoms with Gasteiger partial charge < -0.3 is 10.6 Å². The van der Waals surface area contributed by atoms with Gasteiger partial charge in [-0.05, 0) is 48.4 Å². The minimum atomic E-state index is -0.165. The second kappa shape index (κ2) is 6.00. The smallest absolute Gasteiger partial charge is 0.315 e. The van der Waals surface area contributed by atoms with Gasteiger partial charge in [-0.2, -0.15) is 0 Å². The molecule has 3 aromatic heterocycles. The Labute approximate surface area is 137 Å². The Morgan fingerprint density at radius 2 is 2.30 bits per heavy atom. The molecule has 0 radical (unpaired) electrons. The fourth-order valence-corrected chi connectivity index (χ4v) is 4.00. The number of fused-ring (bicyclic) bond motifs is 2. The molecule has 7 heteroatoms. The van der Waals surface area contributed by atoms with Gasteiger partial charge in [-0.1, -0.05) is 6.07 Å². The highest BCUT2D eigenvalue weighted by Crippen LogP contribution is 2.33. The number of nitrogens with one attached hydrogen (secondary N) is 2. The Morgan fingerprint density at radius 1 is 1.35 bits per heavy atom. The number of thiophene rings is 1. The number of hydrogen-bond donors (Lipinski definition) is 2. The molecule has 118 valence electrons. The Balaban J connectivity index is 1.40. The fourth-order valence-electron chi connectivity index (χ4n) is 3.02. The van der Waals surface area contributed by atoms with Crippen LogP contribution in [0.25, 0.3) is 5.65 Å². The summed E-state index contributed by atoms with van der Waals surface area (Å²) in [5, 5.41) is 16.2. The van der Waals surface area contributed by atoms with Gasteiger partial charge in [0.25, 0.3) is 0 Å². The number of nitrogens with zero attached hydrogens (tertiary/aromatic N) is 3. The summed E-state index contributed by atoms with van der Waals surface area (Å²) in [5.74, 6) is 0.718. The summed E-state index contributed by atoms with van der Waals surface area (Å²) >= 11 is 1.78. The van der Waals surface area contributed by atoms with Gasteiger partial charge in [0.15, 0.2) is 11.5 Å². The van der Waals surface area contributed by atoms with E-state index in [1.54, 1.807) is 11.3 Å². The van der Waals surface area contributed by atoms with Crippen molar-refractivity contribution in [3.8, 4) is 0 Å². The van der Waals surface area contributed by atoms with Crippen LogP contribution in [0.4, 0.5) is 4.79 Å². The lowest BCUT2D eigenvalue weighted by atomic mass is 9.94. The molecule has 0 fully saturated rings. The van der Waals surface area contributed by atoms with E-state index in [0.717, 1.165) is 30.7 Å². The van der Waals surface area contributed by atoms with E-state index < -0.39 is 0 Å². The molecular formula is C16H17N5OS. The van der Waals surface area contributed by atoms with Crippen LogP contribution in [0.2, 0.25) is 0 Å². The Bertz CT molecular complexity index is 840. The molecule has 2 amide bonds. The lowest BCUT2D eigenvalue weighted by Gasteiger charge is -2.23. The van der Waals surface area contributed by atoms with E-state index in [0.29, 0.717) is 6.54 Å². The second-order valence-corrected chi connectivity index (χ2v) is 6.62. The molecule has 2 N–H and O–H groups in total. The number of pyridine rings is 1. The third kappa shape index (κ3) is 2.79. The number of urea groups is 1. The molecule has 1 aliphatic rings. The lowest BCUT2D eigenvalue weighted by Crippen LogP contribution is -2.38. The maximum absolute atomic E-state index is 12.2. The van der Waals surface area contributed by atoms with E-state index in [4.69, 9.17) is 0 Å². The zero-order chi connectivity index (χ0) is 15.6. The van der Waals surface area contributed by atoms with E-state index in [-0.39, 0.29) is 12.1 Å². The van der Waals surface area contributed by atoms with Crippen molar-refractivity contribution in [1.82, 2.24) is 25.2 Å². The van der Waals surface area contributed by atoms with Crippen LogP contribution in [0.1, 0.15) is 35.1 Å². The summed E-state index contributed by atoms with van der Waals surface area (Å²) in [6, 6.07) is 7.78. The summed E-state index contributed by atoms with van der Waals surface area (Å²) in [6.07, 6.45) is 5.12. The van der Waals surface area contributed by atoms with Gasteiger partial charge in [-0.3, -0.25) is 4.40 Å². The highest BCUT2D eigenvalue weighted by molar-refractivity contribution is 7.10. The van der Waals surface area contributed by atoms with Crippen LogP contribution in [0.3, 0.4) is 0 Å². The summed E-state index contributed by atoms with van der Waals surface area (Å²) in [4.78, 5) is 13.6. The maximum atomic E-state index is 12.2. The van der Waals surface area contributed by atoms with Crippen molar-refractivity contribution in [2.24, 2.45) is 0 Å². The molecule has 0 aromatic carbocycles. The molecular weight excluding hydrogens is 310 g/mol. The molecule has 3 aromatic rings. The van der Waals surface area contributed by atoms with Crippen molar-refractivity contribution >= 4 is 23.0 Å². The predicted molar refractivity (Wildman–Crippen MR) is 88.4 cm³/mol. The van der Waals surface area contributed by atoms with E-state index >= 15 is 0 Å². The molecule has 0 saturated heterocycles. The van der Waals surface area contributed by atoms with Crippen molar-refractivity contribution in [1.29, 1.82) is 0 Å². The van der Waals surface area contributed by atoms with E-state index in [1.807, 2.05) is 28.8 Å². The quantitative estimate of drug-likeness (QED) is 0.777. The average Bonchev–Trinajstić information content (AvgIpc) is 3.20. The van der Waals surface area contributed by atoms with Crippen molar-refractivity contribution in [3.05, 3.63) is 52.1 Å². The highest BCUT2D eigenvalue weighted by atomic mass is 32.1. The largest absolute Gasteiger partial charge is 0.331 e. The number of aromatic nitrogens is 3. The third-order valence-corrected chi connectivity index (χ3v) is 5.15. The fraction of sp³-hybridized carbons (Fsp3) is 0.312. The molecule has 3 heterocycles. The summed E-state index contributed by atoms with van der Waals surface area (Å²) in [6.45, 7) is 0.347. The molecule has 4 rings (SSSR count). The molecule has 6 nitrogen and oxygen atoms in total. The van der Waals surface area contributed by atoms with E-state index in [1.165, 1.54) is 10.4 Å². The number of rotatable bonds is 3. The van der Waals surface area contributed by atoms with Gasteiger partial charge in [-0.25, -0.2) is 4.79 Å². The molecule has 0 bridgehead atoms. The zero-order valence-corrected chi connectivity index (χ0v) is 13.3. The van der Waals surface area contributed by atoms with Crippen LogP contribution in [-0.4, -0.2) is 20.6 Å². The summed E-state index contributed by atoms with van der Waals surface area (Å²) in [5.41, 5.74) is 2.05. The number of aryl methyl sites for hydroxylation is 1. The molecule has 23 heavy (non-hydrogen) atoms. The minimum Gasteiger partial charge on any atom is -0.331 e. The molecule has 0 saturated carbocycles. The van der Waals surface area contributed by atoms with Gasteiger partial charge in [0.2, 0.25) is 0 Å². The van der Waals surface area contributed by atoms with Crippen molar-refractivity contribution < 1.29 is 4.79 Å². The monoisotopic (exact) mass is 327 g/mol. The third-order valence-electron chi connectivity index (χ3n) is 4.15. The lowest BCUT2D eigenvalue weighted by molar-refractivity contribution is 0.235. The Kier molecular flexibility index (Phi) is 3.70. The van der Waals surface area contributed by atoms with Crippen molar-refractivity contribution in [2.75, 3.05) is 0 Å². The molecule has 0 spiro atoms. The first-order chi connectivity index (χ1) is 11.3. The van der Waals surface area contributed by atoms with Gasteiger partial charge in [0, 0.05) is 11.1 Å². The van der Waals surface area contributed by atoms with Crippen LogP contribution in [0.5, 0.6) is 0 Å². The summed E-state index contributed by atoms with van der Waals surface area (Å²) < 4.78 is 1.87. The average molecular weight is 327 g/mol. The standard InChI is InChI=1S/C16H17N5OS/c22-16(18-12-4-3-5-13-11(12)7-9-23-13)17-10-15-20-19-14-6-1-2-8-21(14)15/h1-2,6-9,12H,3-5,10H2,(H2,17,18,22). The van der Waals surface area contributed by atoms with Crippen LogP contribution in [0, 0.1) is 0 Å². The van der Waals surface area contributed by atoms with Crippen LogP contribution >= 0.6 is 11.3 Å². The van der Waals surface area contributed by atoms with Crippen LogP contribution in [-0.2, 0) is 13.0 Å². The number of hydrogen-bond acceptors (Lipinski definition) is 4. The minimum absolute atomic E-state index is 0.111. The first kappa shape index (κ1) is 14.2. The van der Waals surface area contributed by atoms with Crippen LogP contribution < -0.4 is 10.6 Å². The van der Waals surface area contributed by atoms with Crippen molar-refractivity contribution in [2.45, 2.75) is 31.8 Å². The second-order valence-electron chi connectivity index (χ2n) is 5.62. The van der Waals surface area contributed by atoms with E-state index in [9.17, 15) is 4.79 Å². The molecule has 1 unspecified atom stereocenters. The normalized spacial score (nSPS) is 17.0. The van der Waals surface area contributed by atoms with Gasteiger partial charge >= 0.3 is 6.03 Å². The number of carbonyl (C=O) groups excluding carboxylic acids is 1. The Hall–Kier alpha value is -2.41. The molecule has 1 atom stereocenters. The van der Waals surface area contributed by atoms with Crippen LogP contribution in [0.15, 0.2) is 35.8 Å². The SMILES string of the molecule is O=C(NCc1nnc2ccccn12)NC1CCCc2sccc21. The Morgan fingerprint density at radius 3 is 3.26 bits per heavy atom. The number of amides is 2. The van der Waals surface area contributed by atoms with Gasteiger partial charge in [-0.15, -0.1) is 21.5 Å². The molecule has 1 aliphatic carbocycles. The first-order valence-corrected chi connectivity index (χ1v) is 8.58. The number of carbonyl (C=O) groups is 1. The molecule has 0 aliphatic heterocycles. The highest BCUT2D eigenvalue weighted by Gasteiger charge is 2.22. The topological polar surface area (TPSA) is 71.3 Å². The first-order valence-electron chi connectivity index (χ1n) is 7.70. The predicted octanol–water partition coefficient (Wildman–Crippen LogP) is 2.67. The van der Waals surface area contributed by atoms with E-state index in [2.05, 4.69) is 32.3 Å². The van der Waals surface area contributed by atoms with Gasteiger partial charge in [0.1, 0.15) is 0 Å². The van der Waals surface area contributed by atoms with Crippen molar-refractivity contribution in [3.63, 3.8) is 0 Å². The zero-order valence-electron chi connectivity index (χ0n) is 12.5. The maximum Gasteiger partial charge on any atom is 0.315 e.